The summed E-state index contributed by atoms with van der Waals surface area (Å²) in [7, 11) is 0. The van der Waals surface area contributed by atoms with Crippen molar-refractivity contribution in [3.63, 3.8) is 0 Å². The van der Waals surface area contributed by atoms with Crippen LogP contribution in [0.2, 0.25) is 0 Å². The second-order valence-electron chi connectivity index (χ2n) is 4.01. The third-order valence-corrected chi connectivity index (χ3v) is 2.88. The molecule has 84 valence electrons. The highest BCUT2D eigenvalue weighted by Gasteiger charge is 2.17. The van der Waals surface area contributed by atoms with E-state index in [-0.39, 0.29) is 17.0 Å². The second kappa shape index (κ2) is 4.47. The van der Waals surface area contributed by atoms with Gasteiger partial charge in [-0.1, -0.05) is 12.1 Å². The topological polar surface area (TPSA) is 43.1 Å². The van der Waals surface area contributed by atoms with Crippen LogP contribution in [0.5, 0.6) is 0 Å². The molecule has 0 aromatic heterocycles. The molecule has 0 heterocycles. The van der Waals surface area contributed by atoms with E-state index in [1.54, 1.807) is 6.07 Å². The second-order valence-corrected chi connectivity index (χ2v) is 4.01. The lowest BCUT2D eigenvalue weighted by Gasteiger charge is -2.12. The van der Waals surface area contributed by atoms with Crippen LogP contribution < -0.4 is 5.73 Å². The minimum Gasteiger partial charge on any atom is -0.396 e. The molecule has 0 saturated carbocycles. The average molecular weight is 219 g/mol. The summed E-state index contributed by atoms with van der Waals surface area (Å²) < 4.78 is 13.2. The Bertz CT molecular complexity index is 451. The van der Waals surface area contributed by atoms with E-state index in [1.165, 1.54) is 12.1 Å². The fourth-order valence-corrected chi connectivity index (χ4v) is 1.95. The van der Waals surface area contributed by atoms with Gasteiger partial charge in [-0.15, -0.1) is 0 Å². The minimum atomic E-state index is -0.526. The van der Waals surface area contributed by atoms with Crippen molar-refractivity contribution in [3.05, 3.63) is 41.2 Å². The molecule has 1 aliphatic rings. The van der Waals surface area contributed by atoms with Crippen molar-refractivity contribution in [3.8, 4) is 0 Å². The van der Waals surface area contributed by atoms with Crippen LogP contribution in [0, 0.1) is 5.82 Å². The smallest absolute Gasteiger partial charge is 0.190 e. The molecule has 2 N–H and O–H groups in total. The molecule has 0 atom stereocenters. The molecule has 16 heavy (non-hydrogen) atoms. The van der Waals surface area contributed by atoms with Gasteiger partial charge in [0, 0.05) is 5.56 Å². The van der Waals surface area contributed by atoms with Gasteiger partial charge in [0.15, 0.2) is 5.78 Å². The molecule has 1 aromatic carbocycles. The van der Waals surface area contributed by atoms with Gasteiger partial charge in [0.2, 0.25) is 0 Å². The molecule has 3 heteroatoms. The van der Waals surface area contributed by atoms with E-state index in [1.807, 2.05) is 6.08 Å². The summed E-state index contributed by atoms with van der Waals surface area (Å²) in [6.45, 7) is 0. The molecule has 0 amide bonds. The number of nitrogen functional groups attached to an aromatic ring is 1. The zero-order chi connectivity index (χ0) is 11.5. The molecule has 0 radical (unpaired) electrons. The zero-order valence-electron chi connectivity index (χ0n) is 9.00. The van der Waals surface area contributed by atoms with Crippen LogP contribution >= 0.6 is 0 Å². The zero-order valence-corrected chi connectivity index (χ0v) is 9.00. The van der Waals surface area contributed by atoms with Crippen molar-refractivity contribution in [2.45, 2.75) is 25.7 Å². The number of nitrogens with two attached hydrogens (primary N) is 1. The number of halogens is 1. The predicted molar refractivity (Wildman–Crippen MR) is 61.7 cm³/mol. The van der Waals surface area contributed by atoms with Crippen LogP contribution in [0.4, 0.5) is 10.1 Å². The first kappa shape index (κ1) is 10.9. The molecule has 0 fully saturated rings. The van der Waals surface area contributed by atoms with Gasteiger partial charge in [0.1, 0.15) is 5.82 Å². The van der Waals surface area contributed by atoms with Crippen molar-refractivity contribution in [2.24, 2.45) is 0 Å². The van der Waals surface area contributed by atoms with Crippen molar-refractivity contribution >= 4 is 11.5 Å². The molecular formula is C13H14FNO. The molecule has 0 saturated heterocycles. The van der Waals surface area contributed by atoms with Gasteiger partial charge in [0.05, 0.1) is 5.69 Å². The first-order valence-electron chi connectivity index (χ1n) is 5.48. The molecule has 2 nitrogen and oxygen atoms in total. The lowest BCUT2D eigenvalue weighted by atomic mass is 9.92. The van der Waals surface area contributed by atoms with E-state index < -0.39 is 5.82 Å². The van der Waals surface area contributed by atoms with Gasteiger partial charge in [-0.25, -0.2) is 4.39 Å². The number of benzene rings is 1. The molecule has 0 bridgehead atoms. The first-order chi connectivity index (χ1) is 7.70. The fraction of sp³-hybridized carbons (Fsp3) is 0.308. The molecule has 0 spiro atoms. The van der Waals surface area contributed by atoms with Crippen molar-refractivity contribution in [2.75, 3.05) is 5.73 Å². The van der Waals surface area contributed by atoms with E-state index in [0.717, 1.165) is 31.3 Å². The normalized spacial score (nSPS) is 15.7. The van der Waals surface area contributed by atoms with Crippen LogP contribution in [0.25, 0.3) is 0 Å². The lowest BCUT2D eigenvalue weighted by molar-refractivity contribution is 0.102. The maximum Gasteiger partial charge on any atom is 0.190 e. The number of anilines is 1. The summed E-state index contributed by atoms with van der Waals surface area (Å²) in [5, 5.41) is 0. The van der Waals surface area contributed by atoms with Crippen LogP contribution in [0.3, 0.4) is 0 Å². The molecule has 0 unspecified atom stereocenters. The Labute approximate surface area is 94.0 Å². The maximum atomic E-state index is 13.2. The Morgan fingerprint density at radius 2 is 2.12 bits per heavy atom. The summed E-state index contributed by atoms with van der Waals surface area (Å²) in [6.07, 6.45) is 5.78. The Balaban J connectivity index is 2.33. The van der Waals surface area contributed by atoms with Crippen LogP contribution in [0.1, 0.15) is 36.0 Å². The maximum absolute atomic E-state index is 13.2. The van der Waals surface area contributed by atoms with Crippen molar-refractivity contribution in [1.82, 2.24) is 0 Å². The molecule has 2 rings (SSSR count). The van der Waals surface area contributed by atoms with E-state index in [9.17, 15) is 9.18 Å². The number of Topliss-reactive ketones (excluding diaryl/α,β-unsaturated/α-hetero) is 1. The van der Waals surface area contributed by atoms with E-state index in [0.29, 0.717) is 0 Å². The van der Waals surface area contributed by atoms with Gasteiger partial charge in [-0.05, 0) is 43.4 Å². The summed E-state index contributed by atoms with van der Waals surface area (Å²) >= 11 is 0. The Kier molecular flexibility index (Phi) is 3.04. The van der Waals surface area contributed by atoms with E-state index >= 15 is 0 Å². The third kappa shape index (κ3) is 1.98. The summed E-state index contributed by atoms with van der Waals surface area (Å²) in [4.78, 5) is 12.1. The number of para-hydroxylation sites is 1. The molecule has 1 aliphatic carbocycles. The van der Waals surface area contributed by atoms with Crippen LogP contribution in [0.15, 0.2) is 29.8 Å². The number of hydrogen-bond acceptors (Lipinski definition) is 2. The minimum absolute atomic E-state index is 0.0426. The first-order valence-corrected chi connectivity index (χ1v) is 5.48. The SMILES string of the molecule is Nc1c(F)cccc1C(=O)C1=CCCCC1. The summed E-state index contributed by atoms with van der Waals surface area (Å²) in [5.41, 5.74) is 6.58. The van der Waals surface area contributed by atoms with Gasteiger partial charge in [0.25, 0.3) is 0 Å². The van der Waals surface area contributed by atoms with E-state index in [4.69, 9.17) is 5.73 Å². The lowest BCUT2D eigenvalue weighted by Crippen LogP contribution is -2.10. The standard InChI is InChI=1S/C13H14FNO/c14-11-8-4-7-10(12(11)15)13(16)9-5-2-1-3-6-9/h4-5,7-8H,1-3,6,15H2. The Hall–Kier alpha value is -1.64. The third-order valence-electron chi connectivity index (χ3n) is 2.88. The molecular weight excluding hydrogens is 205 g/mol. The Morgan fingerprint density at radius 1 is 1.31 bits per heavy atom. The molecule has 0 aliphatic heterocycles. The largest absolute Gasteiger partial charge is 0.396 e. The molecule has 1 aromatic rings. The highest BCUT2D eigenvalue weighted by Crippen LogP contribution is 2.24. The van der Waals surface area contributed by atoms with Crippen molar-refractivity contribution < 1.29 is 9.18 Å². The number of carbonyl (C=O) groups excluding carboxylic acids is 1. The number of carbonyl (C=O) groups is 1. The predicted octanol–water partition coefficient (Wildman–Crippen LogP) is 3.09. The van der Waals surface area contributed by atoms with Crippen LogP contribution in [-0.2, 0) is 0 Å². The number of ketones is 1. The summed E-state index contributed by atoms with van der Waals surface area (Å²) in [6, 6.07) is 4.36. The van der Waals surface area contributed by atoms with Crippen molar-refractivity contribution in [1.29, 1.82) is 0 Å². The van der Waals surface area contributed by atoms with Gasteiger partial charge >= 0.3 is 0 Å². The Morgan fingerprint density at radius 3 is 2.81 bits per heavy atom. The average Bonchev–Trinajstić information content (AvgIpc) is 2.33. The quantitative estimate of drug-likeness (QED) is 0.613. The highest BCUT2D eigenvalue weighted by molar-refractivity contribution is 6.11. The number of rotatable bonds is 2. The number of hydrogen-bond donors (Lipinski definition) is 1. The highest BCUT2D eigenvalue weighted by atomic mass is 19.1. The number of allylic oxidation sites excluding steroid dienone is 2. The monoisotopic (exact) mass is 219 g/mol. The summed E-state index contributed by atoms with van der Waals surface area (Å²) in [5.74, 6) is -0.654. The van der Waals surface area contributed by atoms with Crippen LogP contribution in [-0.4, -0.2) is 5.78 Å². The van der Waals surface area contributed by atoms with Gasteiger partial charge < -0.3 is 5.73 Å². The van der Waals surface area contributed by atoms with Gasteiger partial charge in [-0.2, -0.15) is 0 Å². The van der Waals surface area contributed by atoms with E-state index in [2.05, 4.69) is 0 Å². The fourth-order valence-electron chi connectivity index (χ4n) is 1.95. The van der Waals surface area contributed by atoms with Gasteiger partial charge in [-0.3, -0.25) is 4.79 Å².